The van der Waals surface area contributed by atoms with Gasteiger partial charge in [0.05, 0.1) is 23.5 Å². The fraction of sp³-hybridized carbons (Fsp3) is 0.333. The Hall–Kier alpha value is -2.87. The average Bonchev–Trinajstić information content (AvgIpc) is 3.18. The molecule has 1 aromatic carbocycles. The number of nitrogens with zero attached hydrogens (tertiary/aromatic N) is 3. The van der Waals surface area contributed by atoms with Gasteiger partial charge in [-0.25, -0.2) is 4.98 Å². The number of nitrogens with one attached hydrogen (secondary N) is 2. The highest BCUT2D eigenvalue weighted by molar-refractivity contribution is 6.33. The van der Waals surface area contributed by atoms with Gasteiger partial charge in [-0.1, -0.05) is 23.7 Å². The molecule has 8 nitrogen and oxygen atoms in total. The molecule has 140 valence electrons. The summed E-state index contributed by atoms with van der Waals surface area (Å²) in [5, 5.41) is 3.14. The molecule has 1 aromatic heterocycles. The fourth-order valence-electron chi connectivity index (χ4n) is 3.54. The third kappa shape index (κ3) is 3.28. The molecule has 0 bridgehead atoms. The minimum atomic E-state index is -0.685. The number of fused-ring (bicyclic) bond motifs is 1. The molecule has 2 saturated heterocycles. The monoisotopic (exact) mass is 387 g/mol. The number of hydrogen-bond donors (Lipinski definition) is 2. The number of carbonyl (C=O) groups is 3. The van der Waals surface area contributed by atoms with Gasteiger partial charge in [0.25, 0.3) is 5.91 Å². The van der Waals surface area contributed by atoms with Gasteiger partial charge in [0, 0.05) is 31.4 Å². The van der Waals surface area contributed by atoms with Crippen molar-refractivity contribution in [1.82, 2.24) is 25.1 Å². The summed E-state index contributed by atoms with van der Waals surface area (Å²) in [7, 11) is 0. The smallest absolute Gasteiger partial charge is 0.255 e. The lowest BCUT2D eigenvalue weighted by Crippen LogP contribution is -2.70. The lowest BCUT2D eigenvalue weighted by atomic mass is 10.0. The molecule has 2 aliphatic heterocycles. The summed E-state index contributed by atoms with van der Waals surface area (Å²) in [6, 6.07) is 5.50. The van der Waals surface area contributed by atoms with Crippen LogP contribution in [0.15, 0.2) is 36.8 Å². The molecule has 2 fully saturated rings. The molecule has 0 radical (unpaired) electrons. The first kappa shape index (κ1) is 17.5. The molecular weight excluding hydrogens is 370 g/mol. The van der Waals surface area contributed by atoms with E-state index in [1.807, 2.05) is 0 Å². The lowest BCUT2D eigenvalue weighted by molar-refractivity contribution is -0.152. The van der Waals surface area contributed by atoms with E-state index >= 15 is 0 Å². The summed E-state index contributed by atoms with van der Waals surface area (Å²) in [5.41, 5.74) is 1.17. The number of amides is 3. The molecule has 2 aliphatic rings. The minimum absolute atomic E-state index is 0.140. The second-order valence-electron chi connectivity index (χ2n) is 6.62. The molecule has 2 N–H and O–H groups in total. The van der Waals surface area contributed by atoms with E-state index in [1.54, 1.807) is 40.3 Å². The lowest BCUT2D eigenvalue weighted by Gasteiger charge is -2.45. The van der Waals surface area contributed by atoms with E-state index in [2.05, 4.69) is 15.3 Å². The van der Waals surface area contributed by atoms with E-state index in [0.717, 1.165) is 5.69 Å². The molecule has 0 saturated carbocycles. The number of piperazine rings is 2. The Morgan fingerprint density at radius 3 is 2.81 bits per heavy atom. The first-order valence-corrected chi connectivity index (χ1v) is 9.04. The Balaban J connectivity index is 1.48. The van der Waals surface area contributed by atoms with Crippen LogP contribution in [0, 0.1) is 0 Å². The van der Waals surface area contributed by atoms with E-state index in [4.69, 9.17) is 11.6 Å². The number of carbonyl (C=O) groups excluding carboxylic acids is 3. The summed E-state index contributed by atoms with van der Waals surface area (Å²) in [6.07, 6.45) is 3.52. The number of aromatic nitrogens is 2. The zero-order valence-electron chi connectivity index (χ0n) is 14.4. The fourth-order valence-corrected chi connectivity index (χ4v) is 3.76. The minimum Gasteiger partial charge on any atom is -0.348 e. The zero-order valence-corrected chi connectivity index (χ0v) is 15.1. The number of H-pyrrole nitrogens is 1. The van der Waals surface area contributed by atoms with Crippen LogP contribution in [0.3, 0.4) is 0 Å². The largest absolute Gasteiger partial charge is 0.348 e. The van der Waals surface area contributed by atoms with Crippen molar-refractivity contribution in [2.45, 2.75) is 18.5 Å². The summed E-state index contributed by atoms with van der Waals surface area (Å²) >= 11 is 6.11. The van der Waals surface area contributed by atoms with Gasteiger partial charge >= 0.3 is 0 Å². The highest BCUT2D eigenvalue weighted by Crippen LogP contribution is 2.22. The predicted octanol–water partition coefficient (Wildman–Crippen LogP) is 0.457. The first-order chi connectivity index (χ1) is 13.0. The summed E-state index contributed by atoms with van der Waals surface area (Å²) < 4.78 is 0. The highest BCUT2D eigenvalue weighted by atomic mass is 35.5. The van der Waals surface area contributed by atoms with Crippen molar-refractivity contribution in [2.24, 2.45) is 0 Å². The molecule has 0 spiro atoms. The van der Waals surface area contributed by atoms with E-state index in [9.17, 15) is 14.4 Å². The quantitative estimate of drug-likeness (QED) is 0.799. The molecule has 0 unspecified atom stereocenters. The first-order valence-electron chi connectivity index (χ1n) is 8.66. The molecule has 3 amide bonds. The second-order valence-corrected chi connectivity index (χ2v) is 7.03. The number of halogens is 1. The van der Waals surface area contributed by atoms with Crippen LogP contribution in [0.1, 0.15) is 16.1 Å². The summed E-state index contributed by atoms with van der Waals surface area (Å²) in [5.74, 6) is -0.630. The van der Waals surface area contributed by atoms with Crippen molar-refractivity contribution in [3.8, 4) is 0 Å². The Morgan fingerprint density at radius 2 is 2.07 bits per heavy atom. The maximum absolute atomic E-state index is 12.8. The van der Waals surface area contributed by atoms with E-state index in [-0.39, 0.29) is 24.3 Å². The predicted molar refractivity (Wildman–Crippen MR) is 97.1 cm³/mol. The average molecular weight is 388 g/mol. The number of benzene rings is 1. The van der Waals surface area contributed by atoms with Crippen molar-refractivity contribution in [1.29, 1.82) is 0 Å². The van der Waals surface area contributed by atoms with Crippen molar-refractivity contribution in [2.75, 3.05) is 19.6 Å². The SMILES string of the molecule is O=C1N[C@@H](Cc2cnc[nH]2)C(=O)N2CCN(C(=O)c3ccccc3Cl)C[C@H]12. The normalized spacial score (nSPS) is 22.4. The van der Waals surface area contributed by atoms with E-state index in [1.165, 1.54) is 6.33 Å². The Morgan fingerprint density at radius 1 is 1.26 bits per heavy atom. The van der Waals surface area contributed by atoms with Crippen LogP contribution in [-0.4, -0.2) is 69.2 Å². The van der Waals surface area contributed by atoms with Crippen LogP contribution in [0.5, 0.6) is 0 Å². The van der Waals surface area contributed by atoms with Crippen LogP contribution < -0.4 is 5.32 Å². The summed E-state index contributed by atoms with van der Waals surface area (Å²) in [6.45, 7) is 0.821. The zero-order chi connectivity index (χ0) is 19.0. The van der Waals surface area contributed by atoms with Crippen molar-refractivity contribution >= 4 is 29.3 Å². The van der Waals surface area contributed by atoms with Crippen LogP contribution in [0.2, 0.25) is 5.02 Å². The van der Waals surface area contributed by atoms with Gasteiger partial charge < -0.3 is 20.1 Å². The summed E-state index contributed by atoms with van der Waals surface area (Å²) in [4.78, 5) is 48.1. The number of hydrogen-bond acceptors (Lipinski definition) is 4. The third-order valence-electron chi connectivity index (χ3n) is 4.95. The van der Waals surface area contributed by atoms with Crippen LogP contribution in [-0.2, 0) is 16.0 Å². The number of imidazole rings is 1. The molecule has 27 heavy (non-hydrogen) atoms. The Labute approximate surface area is 160 Å². The molecule has 3 heterocycles. The Kier molecular flexibility index (Phi) is 4.57. The van der Waals surface area contributed by atoms with Crippen molar-refractivity contribution in [3.05, 3.63) is 53.1 Å². The van der Waals surface area contributed by atoms with Crippen LogP contribution in [0.25, 0.3) is 0 Å². The molecule has 0 aliphatic carbocycles. The third-order valence-corrected chi connectivity index (χ3v) is 5.28. The van der Waals surface area contributed by atoms with Gasteiger partial charge in [-0.2, -0.15) is 0 Å². The topological polar surface area (TPSA) is 98.4 Å². The highest BCUT2D eigenvalue weighted by Gasteiger charge is 2.44. The van der Waals surface area contributed by atoms with Gasteiger partial charge in [-0.15, -0.1) is 0 Å². The van der Waals surface area contributed by atoms with Crippen molar-refractivity contribution in [3.63, 3.8) is 0 Å². The molecule has 2 aromatic rings. The number of aromatic amines is 1. The maximum atomic E-state index is 12.8. The van der Waals surface area contributed by atoms with Gasteiger partial charge in [-0.3, -0.25) is 14.4 Å². The molecular formula is C18H18ClN5O3. The molecule has 4 rings (SSSR count). The van der Waals surface area contributed by atoms with Crippen LogP contribution >= 0.6 is 11.6 Å². The van der Waals surface area contributed by atoms with E-state index in [0.29, 0.717) is 30.1 Å². The van der Waals surface area contributed by atoms with Gasteiger partial charge in [0.1, 0.15) is 12.1 Å². The molecule has 9 heteroatoms. The van der Waals surface area contributed by atoms with Crippen molar-refractivity contribution < 1.29 is 14.4 Å². The Bertz CT molecular complexity index is 885. The standard InChI is InChI=1S/C18H18ClN5O3/c19-13-4-2-1-3-12(13)17(26)23-5-6-24-15(9-23)16(25)22-14(18(24)27)7-11-8-20-10-21-11/h1-4,8,10,14-15H,5-7,9H2,(H,20,21)(H,22,25)/t14-,15+/m0/s1. The van der Waals surface area contributed by atoms with Gasteiger partial charge in [-0.05, 0) is 12.1 Å². The maximum Gasteiger partial charge on any atom is 0.255 e. The number of rotatable bonds is 3. The van der Waals surface area contributed by atoms with E-state index < -0.39 is 12.1 Å². The van der Waals surface area contributed by atoms with Gasteiger partial charge in [0.15, 0.2) is 0 Å². The second kappa shape index (κ2) is 7.03. The van der Waals surface area contributed by atoms with Crippen LogP contribution in [0.4, 0.5) is 0 Å². The molecule has 2 atom stereocenters. The van der Waals surface area contributed by atoms with Gasteiger partial charge in [0.2, 0.25) is 11.8 Å².